The number of hydrogen-bond donors (Lipinski definition) is 3. The van der Waals surface area contributed by atoms with E-state index in [1.165, 1.54) is 12.1 Å². The van der Waals surface area contributed by atoms with Crippen LogP contribution in [0.3, 0.4) is 0 Å². The summed E-state index contributed by atoms with van der Waals surface area (Å²) in [6.45, 7) is 5.92. The summed E-state index contributed by atoms with van der Waals surface area (Å²) < 4.78 is 10.5. The maximum absolute atomic E-state index is 11.8. The van der Waals surface area contributed by atoms with Crippen molar-refractivity contribution in [3.8, 4) is 5.75 Å². The largest absolute Gasteiger partial charge is 0.508 e. The zero-order valence-electron chi connectivity index (χ0n) is 14.2. The fourth-order valence-electron chi connectivity index (χ4n) is 1.90. The summed E-state index contributed by atoms with van der Waals surface area (Å²) in [5.41, 5.74) is 0.398. The van der Waals surface area contributed by atoms with E-state index in [1.807, 2.05) is 6.92 Å². The predicted octanol–water partition coefficient (Wildman–Crippen LogP) is 1.07. The molecular weight excluding hydrogens is 312 g/mol. The molecule has 24 heavy (non-hydrogen) atoms. The molecule has 1 aromatic carbocycles. The number of ether oxygens (including phenoxy) is 2. The third-order valence-corrected chi connectivity index (χ3v) is 3.22. The topological polar surface area (TPSA) is 96.9 Å². The van der Waals surface area contributed by atoms with Crippen molar-refractivity contribution < 1.29 is 24.2 Å². The lowest BCUT2D eigenvalue weighted by Gasteiger charge is -2.13. The van der Waals surface area contributed by atoms with Crippen LogP contribution < -0.4 is 10.6 Å². The maximum atomic E-state index is 11.8. The molecule has 0 aliphatic heterocycles. The van der Waals surface area contributed by atoms with Crippen LogP contribution in [0, 0.1) is 0 Å². The molecule has 3 N–H and O–H groups in total. The van der Waals surface area contributed by atoms with E-state index in [4.69, 9.17) is 9.47 Å². The molecule has 0 heterocycles. The Morgan fingerprint density at radius 1 is 1.21 bits per heavy atom. The number of hydrogen-bond acceptors (Lipinski definition) is 5. The van der Waals surface area contributed by atoms with Crippen LogP contribution >= 0.6 is 0 Å². The zero-order valence-corrected chi connectivity index (χ0v) is 14.2. The lowest BCUT2D eigenvalue weighted by atomic mass is 10.2. The van der Waals surface area contributed by atoms with E-state index in [0.29, 0.717) is 44.9 Å². The van der Waals surface area contributed by atoms with Crippen LogP contribution in [0.2, 0.25) is 0 Å². The minimum absolute atomic E-state index is 0.0493. The minimum Gasteiger partial charge on any atom is -0.508 e. The summed E-state index contributed by atoms with van der Waals surface area (Å²) in [6.07, 6.45) is 0.0643. The lowest BCUT2D eigenvalue weighted by molar-refractivity contribution is -0.132. The van der Waals surface area contributed by atoms with Gasteiger partial charge in [0.15, 0.2) is 0 Å². The molecule has 2 amide bonds. The zero-order chi connectivity index (χ0) is 17.8. The fourth-order valence-corrected chi connectivity index (χ4v) is 1.90. The van der Waals surface area contributed by atoms with Crippen molar-refractivity contribution >= 4 is 11.8 Å². The van der Waals surface area contributed by atoms with E-state index in [1.54, 1.807) is 19.1 Å². The summed E-state index contributed by atoms with van der Waals surface area (Å²) in [6, 6.07) is 6.14. The standard InChI is InChI=1S/C17H26N2O5/c1-3-23-10-11-24-13(2)16(21)18-8-5-9-19-17(22)14-6-4-7-15(20)12-14/h4,6-7,12-13,20H,3,5,8-11H2,1-2H3,(H,18,21)(H,19,22)/t13-/m0/s1. The van der Waals surface area contributed by atoms with Gasteiger partial charge in [0, 0.05) is 25.3 Å². The van der Waals surface area contributed by atoms with Gasteiger partial charge in [-0.25, -0.2) is 0 Å². The predicted molar refractivity (Wildman–Crippen MR) is 90.0 cm³/mol. The Morgan fingerprint density at radius 2 is 1.96 bits per heavy atom. The molecule has 1 aromatic rings. The minimum atomic E-state index is -0.535. The van der Waals surface area contributed by atoms with E-state index in [9.17, 15) is 14.7 Å². The van der Waals surface area contributed by atoms with Gasteiger partial charge in [-0.3, -0.25) is 9.59 Å². The summed E-state index contributed by atoms with van der Waals surface area (Å²) in [5, 5.41) is 14.8. The maximum Gasteiger partial charge on any atom is 0.251 e. The number of phenolic OH excluding ortho intramolecular Hbond substituents is 1. The van der Waals surface area contributed by atoms with Gasteiger partial charge in [-0.2, -0.15) is 0 Å². The van der Waals surface area contributed by atoms with E-state index < -0.39 is 6.10 Å². The van der Waals surface area contributed by atoms with Crippen molar-refractivity contribution in [3.63, 3.8) is 0 Å². The van der Waals surface area contributed by atoms with E-state index >= 15 is 0 Å². The molecule has 7 heteroatoms. The van der Waals surface area contributed by atoms with Gasteiger partial charge in [-0.1, -0.05) is 6.07 Å². The van der Waals surface area contributed by atoms with Gasteiger partial charge in [-0.15, -0.1) is 0 Å². The summed E-state index contributed by atoms with van der Waals surface area (Å²) >= 11 is 0. The SMILES string of the molecule is CCOCCO[C@@H](C)C(=O)NCCCNC(=O)c1cccc(O)c1. The first-order valence-corrected chi connectivity index (χ1v) is 8.09. The van der Waals surface area contributed by atoms with E-state index in [-0.39, 0.29) is 17.6 Å². The van der Waals surface area contributed by atoms with Crippen LogP contribution in [0.25, 0.3) is 0 Å². The molecule has 1 atom stereocenters. The van der Waals surface area contributed by atoms with Crippen LogP contribution in [-0.2, 0) is 14.3 Å². The number of amides is 2. The second kappa shape index (κ2) is 11.4. The van der Waals surface area contributed by atoms with Crippen molar-refractivity contribution in [1.29, 1.82) is 0 Å². The molecule has 0 unspecified atom stereocenters. The van der Waals surface area contributed by atoms with Crippen molar-refractivity contribution in [2.75, 3.05) is 32.9 Å². The van der Waals surface area contributed by atoms with E-state index in [0.717, 1.165) is 0 Å². The first kappa shape index (κ1) is 19.9. The van der Waals surface area contributed by atoms with Crippen LogP contribution in [0.5, 0.6) is 5.75 Å². The molecule has 0 spiro atoms. The first-order valence-electron chi connectivity index (χ1n) is 8.09. The molecule has 0 aliphatic carbocycles. The van der Waals surface area contributed by atoms with Gasteiger partial charge >= 0.3 is 0 Å². The Labute approximate surface area is 142 Å². The van der Waals surface area contributed by atoms with Crippen LogP contribution in [0.4, 0.5) is 0 Å². The molecule has 0 aliphatic rings. The molecule has 0 aromatic heterocycles. The number of nitrogens with one attached hydrogen (secondary N) is 2. The van der Waals surface area contributed by atoms with Gasteiger partial charge < -0.3 is 25.2 Å². The Hall–Kier alpha value is -2.12. The Balaban J connectivity index is 2.12. The molecule has 1 rings (SSSR count). The second-order valence-electron chi connectivity index (χ2n) is 5.16. The third-order valence-electron chi connectivity index (χ3n) is 3.22. The summed E-state index contributed by atoms with van der Waals surface area (Å²) in [7, 11) is 0. The number of carbonyl (C=O) groups excluding carboxylic acids is 2. The number of carbonyl (C=O) groups is 2. The molecule has 0 saturated carbocycles. The highest BCUT2D eigenvalue weighted by Crippen LogP contribution is 2.10. The Bertz CT molecular complexity index is 521. The Kier molecular flexibility index (Phi) is 9.48. The first-order chi connectivity index (χ1) is 11.5. The van der Waals surface area contributed by atoms with Gasteiger partial charge in [-0.05, 0) is 38.5 Å². The highest BCUT2D eigenvalue weighted by Gasteiger charge is 2.12. The highest BCUT2D eigenvalue weighted by atomic mass is 16.5. The third kappa shape index (κ3) is 7.94. The number of phenols is 1. The van der Waals surface area contributed by atoms with Crippen molar-refractivity contribution in [1.82, 2.24) is 10.6 Å². The molecule has 0 fully saturated rings. The van der Waals surface area contributed by atoms with Gasteiger partial charge in [0.25, 0.3) is 5.91 Å². The smallest absolute Gasteiger partial charge is 0.251 e. The fraction of sp³-hybridized carbons (Fsp3) is 0.529. The molecule has 134 valence electrons. The highest BCUT2D eigenvalue weighted by molar-refractivity contribution is 5.94. The number of benzene rings is 1. The average Bonchev–Trinajstić information content (AvgIpc) is 2.57. The van der Waals surface area contributed by atoms with Crippen LogP contribution in [0.15, 0.2) is 24.3 Å². The number of aromatic hydroxyl groups is 1. The average molecular weight is 338 g/mol. The van der Waals surface area contributed by atoms with Crippen LogP contribution in [-0.4, -0.2) is 55.9 Å². The summed E-state index contributed by atoms with van der Waals surface area (Å²) in [4.78, 5) is 23.6. The molecule has 0 radical (unpaired) electrons. The van der Waals surface area contributed by atoms with Crippen molar-refractivity contribution in [3.05, 3.63) is 29.8 Å². The van der Waals surface area contributed by atoms with E-state index in [2.05, 4.69) is 10.6 Å². The summed E-state index contributed by atoms with van der Waals surface area (Å²) in [5.74, 6) is -0.399. The molecule has 0 bridgehead atoms. The van der Waals surface area contributed by atoms with Gasteiger partial charge in [0.2, 0.25) is 5.91 Å². The molecule has 7 nitrogen and oxygen atoms in total. The monoisotopic (exact) mass is 338 g/mol. The van der Waals surface area contributed by atoms with Gasteiger partial charge in [0.05, 0.1) is 13.2 Å². The quantitative estimate of drug-likeness (QED) is 0.525. The van der Waals surface area contributed by atoms with Crippen molar-refractivity contribution in [2.45, 2.75) is 26.4 Å². The van der Waals surface area contributed by atoms with Crippen molar-refractivity contribution in [2.24, 2.45) is 0 Å². The number of rotatable bonds is 11. The normalized spacial score (nSPS) is 11.8. The van der Waals surface area contributed by atoms with Crippen LogP contribution in [0.1, 0.15) is 30.6 Å². The second-order valence-corrected chi connectivity index (χ2v) is 5.16. The molecular formula is C17H26N2O5. The Morgan fingerprint density at radius 3 is 2.67 bits per heavy atom. The van der Waals surface area contributed by atoms with Gasteiger partial charge in [0.1, 0.15) is 11.9 Å². The lowest BCUT2D eigenvalue weighted by Crippen LogP contribution is -2.37. The molecule has 0 saturated heterocycles.